The number of carbonyl (C=O) groups excluding carboxylic acids is 1. The lowest BCUT2D eigenvalue weighted by molar-refractivity contribution is 0.0938. The van der Waals surface area contributed by atoms with E-state index >= 15 is 0 Å². The molecule has 0 saturated carbocycles. The zero-order valence-corrected chi connectivity index (χ0v) is 12.5. The van der Waals surface area contributed by atoms with Crippen molar-refractivity contribution in [3.05, 3.63) is 40.3 Å². The molecule has 5 nitrogen and oxygen atoms in total. The van der Waals surface area contributed by atoms with Gasteiger partial charge in [0.25, 0.3) is 5.91 Å². The topological polar surface area (TPSA) is 60.1 Å². The summed E-state index contributed by atoms with van der Waals surface area (Å²) in [5, 5.41) is 2.80. The first kappa shape index (κ1) is 13.9. The molecule has 0 aliphatic carbocycles. The normalized spacial score (nSPS) is 10.7. The second kappa shape index (κ2) is 6.06. The number of nitrogens with zero attached hydrogens (tertiary/aromatic N) is 2. The molecule has 2 rings (SSSR count). The molecule has 2 aromatic heterocycles. The SMILES string of the molecule is CCc1cnc(CNC(=O)c2cc(Br)cn2CC)o1. The Bertz CT molecular complexity index is 574. The molecule has 2 aromatic rings. The Balaban J connectivity index is 2.00. The summed E-state index contributed by atoms with van der Waals surface area (Å²) in [5.41, 5.74) is 0.622. The van der Waals surface area contributed by atoms with Crippen LogP contribution in [0.5, 0.6) is 0 Å². The van der Waals surface area contributed by atoms with E-state index in [1.807, 2.05) is 24.6 Å². The molecule has 0 unspecified atom stereocenters. The summed E-state index contributed by atoms with van der Waals surface area (Å²) in [5.74, 6) is 1.21. The highest BCUT2D eigenvalue weighted by Crippen LogP contribution is 2.15. The summed E-state index contributed by atoms with van der Waals surface area (Å²) in [6, 6.07) is 1.80. The third kappa shape index (κ3) is 3.26. The summed E-state index contributed by atoms with van der Waals surface area (Å²) < 4.78 is 8.21. The van der Waals surface area contributed by atoms with Gasteiger partial charge in [-0.1, -0.05) is 6.92 Å². The quantitative estimate of drug-likeness (QED) is 0.919. The molecular weight excluding hydrogens is 310 g/mol. The fourth-order valence-electron chi connectivity index (χ4n) is 1.77. The van der Waals surface area contributed by atoms with Gasteiger partial charge in [-0.15, -0.1) is 0 Å². The van der Waals surface area contributed by atoms with Crippen LogP contribution in [0.1, 0.15) is 36.0 Å². The Labute approximate surface area is 120 Å². The molecule has 0 aliphatic heterocycles. The Kier molecular flexibility index (Phi) is 4.42. The highest BCUT2D eigenvalue weighted by molar-refractivity contribution is 9.10. The summed E-state index contributed by atoms with van der Waals surface area (Å²) >= 11 is 3.37. The van der Waals surface area contributed by atoms with Crippen molar-refractivity contribution in [2.24, 2.45) is 0 Å². The van der Waals surface area contributed by atoms with Crippen LogP contribution >= 0.6 is 15.9 Å². The van der Waals surface area contributed by atoms with Crippen molar-refractivity contribution in [2.45, 2.75) is 33.4 Å². The lowest BCUT2D eigenvalue weighted by Crippen LogP contribution is -2.25. The smallest absolute Gasteiger partial charge is 0.268 e. The minimum absolute atomic E-state index is 0.135. The predicted molar refractivity (Wildman–Crippen MR) is 74.9 cm³/mol. The zero-order valence-electron chi connectivity index (χ0n) is 10.9. The number of amides is 1. The van der Waals surface area contributed by atoms with Gasteiger partial charge in [0.15, 0.2) is 0 Å². The van der Waals surface area contributed by atoms with Gasteiger partial charge in [0.05, 0.1) is 12.7 Å². The third-order valence-corrected chi connectivity index (χ3v) is 3.22. The molecule has 0 atom stereocenters. The summed E-state index contributed by atoms with van der Waals surface area (Å²) in [4.78, 5) is 16.2. The van der Waals surface area contributed by atoms with Crippen LogP contribution < -0.4 is 5.32 Å². The third-order valence-electron chi connectivity index (χ3n) is 2.79. The van der Waals surface area contributed by atoms with Crippen molar-refractivity contribution in [3.63, 3.8) is 0 Å². The predicted octanol–water partition coefficient (Wildman–Crippen LogP) is 2.75. The van der Waals surface area contributed by atoms with Crippen LogP contribution in [0.2, 0.25) is 0 Å². The Morgan fingerprint density at radius 1 is 1.53 bits per heavy atom. The fourth-order valence-corrected chi connectivity index (χ4v) is 2.23. The molecule has 2 heterocycles. The Hall–Kier alpha value is -1.56. The maximum absolute atomic E-state index is 12.1. The Morgan fingerprint density at radius 2 is 2.32 bits per heavy atom. The molecule has 19 heavy (non-hydrogen) atoms. The van der Waals surface area contributed by atoms with E-state index in [1.165, 1.54) is 0 Å². The average Bonchev–Trinajstić information content (AvgIpc) is 3.01. The van der Waals surface area contributed by atoms with E-state index in [-0.39, 0.29) is 5.91 Å². The van der Waals surface area contributed by atoms with Crippen LogP contribution in [0.4, 0.5) is 0 Å². The van der Waals surface area contributed by atoms with Gasteiger partial charge in [-0.2, -0.15) is 0 Å². The number of hydrogen-bond acceptors (Lipinski definition) is 3. The van der Waals surface area contributed by atoms with E-state index in [2.05, 4.69) is 26.2 Å². The lowest BCUT2D eigenvalue weighted by atomic mass is 10.4. The van der Waals surface area contributed by atoms with Crippen LogP contribution in [-0.2, 0) is 19.5 Å². The molecule has 0 spiro atoms. The van der Waals surface area contributed by atoms with Crippen molar-refractivity contribution in [2.75, 3.05) is 0 Å². The largest absolute Gasteiger partial charge is 0.444 e. The van der Waals surface area contributed by atoms with Crippen LogP contribution in [0.25, 0.3) is 0 Å². The summed E-state index contributed by atoms with van der Waals surface area (Å²) in [7, 11) is 0. The van der Waals surface area contributed by atoms with E-state index in [4.69, 9.17) is 4.42 Å². The first-order valence-electron chi connectivity index (χ1n) is 6.21. The van der Waals surface area contributed by atoms with Gasteiger partial charge in [0.1, 0.15) is 11.5 Å². The van der Waals surface area contributed by atoms with E-state index in [9.17, 15) is 4.79 Å². The van der Waals surface area contributed by atoms with Gasteiger partial charge in [-0.05, 0) is 28.9 Å². The van der Waals surface area contributed by atoms with Crippen molar-refractivity contribution < 1.29 is 9.21 Å². The first-order valence-corrected chi connectivity index (χ1v) is 7.00. The van der Waals surface area contributed by atoms with E-state index in [0.717, 1.165) is 23.2 Å². The highest BCUT2D eigenvalue weighted by Gasteiger charge is 2.13. The van der Waals surface area contributed by atoms with Crippen LogP contribution in [0.3, 0.4) is 0 Å². The minimum atomic E-state index is -0.135. The number of oxazole rings is 1. The maximum atomic E-state index is 12.1. The second-order valence-electron chi connectivity index (χ2n) is 4.09. The molecule has 6 heteroatoms. The number of aromatic nitrogens is 2. The van der Waals surface area contributed by atoms with Gasteiger partial charge >= 0.3 is 0 Å². The molecule has 0 fully saturated rings. The van der Waals surface area contributed by atoms with E-state index in [1.54, 1.807) is 12.3 Å². The molecule has 0 bridgehead atoms. The van der Waals surface area contributed by atoms with E-state index < -0.39 is 0 Å². The van der Waals surface area contributed by atoms with Gasteiger partial charge in [0, 0.05) is 23.6 Å². The van der Waals surface area contributed by atoms with Gasteiger partial charge in [-0.3, -0.25) is 4.79 Å². The van der Waals surface area contributed by atoms with Crippen LogP contribution in [0.15, 0.2) is 27.3 Å². The molecule has 0 aromatic carbocycles. The number of carbonyl (C=O) groups is 1. The van der Waals surface area contributed by atoms with Gasteiger partial charge < -0.3 is 14.3 Å². The minimum Gasteiger partial charge on any atom is -0.444 e. The van der Waals surface area contributed by atoms with Crippen LogP contribution in [-0.4, -0.2) is 15.5 Å². The average molecular weight is 326 g/mol. The zero-order chi connectivity index (χ0) is 13.8. The number of aryl methyl sites for hydroxylation is 2. The van der Waals surface area contributed by atoms with Crippen LogP contribution in [0, 0.1) is 0 Å². The molecular formula is C13H16BrN3O2. The van der Waals surface area contributed by atoms with E-state index in [0.29, 0.717) is 18.1 Å². The molecule has 1 N–H and O–H groups in total. The van der Waals surface area contributed by atoms with Gasteiger partial charge in [0.2, 0.25) is 5.89 Å². The summed E-state index contributed by atoms with van der Waals surface area (Å²) in [6.07, 6.45) is 4.37. The van der Waals surface area contributed by atoms with Gasteiger partial charge in [-0.25, -0.2) is 4.98 Å². The molecule has 0 aliphatic rings. The molecule has 102 valence electrons. The second-order valence-corrected chi connectivity index (χ2v) is 5.00. The number of hydrogen-bond donors (Lipinski definition) is 1. The standard InChI is InChI=1S/C13H16BrN3O2/c1-3-10-6-15-12(19-10)7-16-13(18)11-5-9(14)8-17(11)4-2/h5-6,8H,3-4,7H2,1-2H3,(H,16,18). The van der Waals surface area contributed by atoms with Crippen molar-refractivity contribution in [1.29, 1.82) is 0 Å². The van der Waals surface area contributed by atoms with Crippen molar-refractivity contribution >= 4 is 21.8 Å². The molecule has 0 radical (unpaired) electrons. The summed E-state index contributed by atoms with van der Waals surface area (Å²) in [6.45, 7) is 5.03. The lowest BCUT2D eigenvalue weighted by Gasteiger charge is -2.05. The number of nitrogens with one attached hydrogen (secondary N) is 1. The molecule has 0 saturated heterocycles. The van der Waals surface area contributed by atoms with Crippen molar-refractivity contribution in [1.82, 2.24) is 14.9 Å². The monoisotopic (exact) mass is 325 g/mol. The fraction of sp³-hybridized carbons (Fsp3) is 0.385. The Morgan fingerprint density at radius 3 is 2.95 bits per heavy atom. The highest BCUT2D eigenvalue weighted by atomic mass is 79.9. The first-order chi connectivity index (χ1) is 9.13. The molecule has 1 amide bonds. The van der Waals surface area contributed by atoms with Crippen molar-refractivity contribution in [3.8, 4) is 0 Å². The maximum Gasteiger partial charge on any atom is 0.268 e. The number of rotatable bonds is 5. The number of halogens is 1.